The van der Waals surface area contributed by atoms with Gasteiger partial charge in [0.1, 0.15) is 0 Å². The van der Waals surface area contributed by atoms with Crippen LogP contribution >= 0.6 is 0 Å². The second kappa shape index (κ2) is 17.9. The Morgan fingerprint density at radius 3 is 1.28 bits per heavy atom. The summed E-state index contributed by atoms with van der Waals surface area (Å²) in [6.45, 7) is 0. The Morgan fingerprint density at radius 2 is 0.875 bits per heavy atom. The van der Waals surface area contributed by atoms with Crippen LogP contribution < -0.4 is 29.6 Å². The van der Waals surface area contributed by atoms with Gasteiger partial charge in [0.2, 0.25) is 0 Å². The molecule has 1 saturated carbocycles. The van der Waals surface area contributed by atoms with Crippen molar-refractivity contribution in [1.29, 1.82) is 0 Å². The van der Waals surface area contributed by atoms with Crippen LogP contribution in [-0.2, 0) is 5.41 Å². The number of para-hydroxylation sites is 2. The van der Waals surface area contributed by atoms with Crippen LogP contribution in [0.1, 0.15) is 63.9 Å². The largest absolute Gasteiger partial charge is 0.493 e. The number of methoxy groups -OCH3 is 4. The van der Waals surface area contributed by atoms with Gasteiger partial charge in [0.25, 0.3) is 11.8 Å². The van der Waals surface area contributed by atoms with E-state index in [4.69, 9.17) is 28.9 Å². The van der Waals surface area contributed by atoms with E-state index in [1.807, 2.05) is 121 Å². The van der Waals surface area contributed by atoms with Crippen molar-refractivity contribution in [3.05, 3.63) is 168 Å². The Bertz CT molecular complexity index is 2820. The molecule has 9 rings (SSSR count). The summed E-state index contributed by atoms with van der Waals surface area (Å²) in [6.07, 6.45) is 5.38. The fourth-order valence-corrected chi connectivity index (χ4v) is 9.05. The molecule has 0 unspecified atom stereocenters. The zero-order chi connectivity index (χ0) is 44.2. The zero-order valence-electron chi connectivity index (χ0n) is 36.2. The molecule has 0 spiro atoms. The summed E-state index contributed by atoms with van der Waals surface area (Å²) in [5.74, 6) is 1.93. The van der Waals surface area contributed by atoms with Gasteiger partial charge in [-0.05, 0) is 109 Å². The smallest absolute Gasteiger partial charge is 0.256 e. The highest BCUT2D eigenvalue weighted by molar-refractivity contribution is 6.14. The van der Waals surface area contributed by atoms with Crippen molar-refractivity contribution >= 4 is 45.0 Å². The van der Waals surface area contributed by atoms with Crippen LogP contribution in [0.4, 0.5) is 11.4 Å². The molecule has 0 atom stereocenters. The molecule has 2 N–H and O–H groups in total. The first-order valence-electron chi connectivity index (χ1n) is 21.4. The molecular formula is C54H48N4O6. The maximum absolute atomic E-state index is 14.1. The molecule has 6 aromatic carbocycles. The fraction of sp³-hybridized carbons (Fsp3) is 0.185. The Labute approximate surface area is 372 Å². The van der Waals surface area contributed by atoms with E-state index in [1.54, 1.807) is 28.4 Å². The van der Waals surface area contributed by atoms with E-state index in [0.29, 0.717) is 67.9 Å². The van der Waals surface area contributed by atoms with Gasteiger partial charge in [-0.25, -0.2) is 9.97 Å². The van der Waals surface area contributed by atoms with E-state index in [-0.39, 0.29) is 17.2 Å². The summed E-state index contributed by atoms with van der Waals surface area (Å²) in [5.41, 5.74) is 8.94. The molecule has 0 bridgehead atoms. The molecule has 320 valence electrons. The van der Waals surface area contributed by atoms with Gasteiger partial charge in [-0.2, -0.15) is 0 Å². The number of aromatic nitrogens is 2. The van der Waals surface area contributed by atoms with Gasteiger partial charge in [0, 0.05) is 38.7 Å². The summed E-state index contributed by atoms with van der Waals surface area (Å²) in [4.78, 5) is 37.9. The third-order valence-electron chi connectivity index (χ3n) is 12.4. The summed E-state index contributed by atoms with van der Waals surface area (Å²) in [6, 6.07) is 46.7. The molecular weight excluding hydrogens is 801 g/mol. The molecule has 0 radical (unpaired) electrons. The van der Waals surface area contributed by atoms with Crippen molar-refractivity contribution in [3.63, 3.8) is 0 Å². The lowest BCUT2D eigenvalue weighted by molar-refractivity contribution is 0.102. The SMILES string of the molecule is COc1ccc(-c2cc(C(=O)Nc3ccc(C4(c5ccc(NC(=O)c6cc(-c7ccc(OC)c(OC)c7)nc7ccccc67)cc5)CCCCC4)cc3)c3ccccc3n2)cc1OC. The van der Waals surface area contributed by atoms with Gasteiger partial charge in [0.05, 0.1) is 62.0 Å². The Hall–Kier alpha value is -7.72. The number of carbonyl (C=O) groups excluding carboxylic acids is 2. The van der Waals surface area contributed by atoms with Gasteiger partial charge in [-0.15, -0.1) is 0 Å². The number of pyridine rings is 2. The molecule has 0 saturated heterocycles. The topological polar surface area (TPSA) is 121 Å². The monoisotopic (exact) mass is 848 g/mol. The maximum atomic E-state index is 14.1. The van der Waals surface area contributed by atoms with Crippen molar-refractivity contribution in [3.8, 4) is 45.5 Å². The number of anilines is 2. The first-order valence-corrected chi connectivity index (χ1v) is 21.4. The molecule has 10 nitrogen and oxygen atoms in total. The lowest BCUT2D eigenvalue weighted by atomic mass is 9.65. The number of nitrogens with zero attached hydrogens (tertiary/aromatic N) is 2. The van der Waals surface area contributed by atoms with Crippen molar-refractivity contribution < 1.29 is 28.5 Å². The summed E-state index contributed by atoms with van der Waals surface area (Å²) in [7, 11) is 6.39. The van der Waals surface area contributed by atoms with Crippen molar-refractivity contribution in [2.45, 2.75) is 37.5 Å². The van der Waals surface area contributed by atoms with E-state index in [2.05, 4.69) is 34.9 Å². The number of nitrogens with one attached hydrogen (secondary N) is 2. The summed E-state index contributed by atoms with van der Waals surface area (Å²) >= 11 is 0. The molecule has 2 heterocycles. The first kappa shape index (κ1) is 41.6. The Morgan fingerprint density at radius 1 is 0.469 bits per heavy atom. The Kier molecular flexibility index (Phi) is 11.7. The van der Waals surface area contributed by atoms with Crippen molar-refractivity contribution in [1.82, 2.24) is 9.97 Å². The van der Waals surface area contributed by atoms with Crippen molar-refractivity contribution in [2.24, 2.45) is 0 Å². The van der Waals surface area contributed by atoms with E-state index < -0.39 is 0 Å². The number of carbonyl (C=O) groups is 2. The van der Waals surface area contributed by atoms with Crippen LogP contribution in [-0.4, -0.2) is 50.2 Å². The number of fused-ring (bicyclic) bond motifs is 2. The van der Waals surface area contributed by atoms with E-state index >= 15 is 0 Å². The fourth-order valence-electron chi connectivity index (χ4n) is 9.05. The predicted molar refractivity (Wildman–Crippen MR) is 253 cm³/mol. The molecule has 0 aliphatic heterocycles. The number of amides is 2. The molecule has 1 aliphatic carbocycles. The highest BCUT2D eigenvalue weighted by Crippen LogP contribution is 2.46. The first-order chi connectivity index (χ1) is 31.3. The zero-order valence-corrected chi connectivity index (χ0v) is 36.2. The average molecular weight is 849 g/mol. The highest BCUT2D eigenvalue weighted by atomic mass is 16.5. The van der Waals surface area contributed by atoms with Gasteiger partial charge < -0.3 is 29.6 Å². The number of hydrogen-bond acceptors (Lipinski definition) is 8. The average Bonchev–Trinajstić information content (AvgIpc) is 3.35. The molecule has 2 aromatic heterocycles. The third kappa shape index (κ3) is 8.06. The predicted octanol–water partition coefficient (Wildman–Crippen LogP) is 11.9. The number of benzene rings is 6. The van der Waals surface area contributed by atoms with E-state index in [0.717, 1.165) is 47.6 Å². The molecule has 1 fully saturated rings. The van der Waals surface area contributed by atoms with Crippen LogP contribution in [0, 0.1) is 0 Å². The summed E-state index contributed by atoms with van der Waals surface area (Å²) in [5, 5.41) is 7.84. The minimum atomic E-state index is -0.227. The van der Waals surface area contributed by atoms with Crippen LogP contribution in [0.5, 0.6) is 23.0 Å². The number of hydrogen-bond donors (Lipinski definition) is 2. The number of ether oxygens (including phenoxy) is 4. The molecule has 10 heteroatoms. The standard InChI is InChI=1S/C54H48N4O6/c1-61-48-26-16-34(30-50(48)63-3)46-32-42(40-12-6-8-14-44(40)57-46)52(59)55-38-22-18-36(19-23-38)54(28-10-5-11-29-54)37-20-24-39(25-21-37)56-53(60)43-33-47(58-45-15-9-7-13-41(43)45)35-17-27-49(62-2)51(31-35)64-4/h6-9,12-27,30-33H,5,10-11,28-29H2,1-4H3,(H,55,59)(H,56,60). The second-order valence-corrected chi connectivity index (χ2v) is 16.0. The highest BCUT2D eigenvalue weighted by Gasteiger charge is 2.36. The molecule has 1 aliphatic rings. The van der Waals surface area contributed by atoms with Gasteiger partial charge >= 0.3 is 0 Å². The molecule has 2 amide bonds. The maximum Gasteiger partial charge on any atom is 0.256 e. The van der Waals surface area contributed by atoms with Crippen LogP contribution in [0.25, 0.3) is 44.3 Å². The Balaban J connectivity index is 0.958. The quantitative estimate of drug-likeness (QED) is 0.125. The van der Waals surface area contributed by atoms with Crippen molar-refractivity contribution in [2.75, 3.05) is 39.1 Å². The van der Waals surface area contributed by atoms with Crippen LogP contribution in [0.15, 0.2) is 146 Å². The van der Waals surface area contributed by atoms with Gasteiger partial charge in [-0.1, -0.05) is 79.9 Å². The summed E-state index contributed by atoms with van der Waals surface area (Å²) < 4.78 is 22.0. The lowest BCUT2D eigenvalue weighted by Gasteiger charge is -2.39. The van der Waals surface area contributed by atoms with Crippen LogP contribution in [0.2, 0.25) is 0 Å². The third-order valence-corrected chi connectivity index (χ3v) is 12.4. The van der Waals surface area contributed by atoms with Crippen LogP contribution in [0.3, 0.4) is 0 Å². The van der Waals surface area contributed by atoms with E-state index in [1.165, 1.54) is 17.5 Å². The minimum absolute atomic E-state index is 0.214. The normalized spacial score (nSPS) is 13.2. The van der Waals surface area contributed by atoms with Gasteiger partial charge in [0.15, 0.2) is 23.0 Å². The lowest BCUT2D eigenvalue weighted by Crippen LogP contribution is -2.30. The minimum Gasteiger partial charge on any atom is -0.493 e. The molecule has 64 heavy (non-hydrogen) atoms. The van der Waals surface area contributed by atoms with Gasteiger partial charge in [-0.3, -0.25) is 9.59 Å². The number of rotatable bonds is 12. The molecule has 8 aromatic rings. The van der Waals surface area contributed by atoms with E-state index in [9.17, 15) is 9.59 Å². The second-order valence-electron chi connectivity index (χ2n) is 16.0.